The molecular weight excluding hydrogens is 673 g/mol. The van der Waals surface area contributed by atoms with Gasteiger partial charge in [0.25, 0.3) is 5.91 Å². The van der Waals surface area contributed by atoms with E-state index >= 15 is 0 Å². The van der Waals surface area contributed by atoms with Gasteiger partial charge in [0.1, 0.15) is 18.2 Å². The number of methoxy groups -OCH3 is 1. The number of amides is 1. The minimum Gasteiger partial charge on any atom is -0.489 e. The molecule has 5 aromatic rings. The van der Waals surface area contributed by atoms with Crippen LogP contribution < -0.4 is 4.74 Å². The largest absolute Gasteiger partial charge is 0.489 e. The number of ether oxygens (including phenoxy) is 2. The minimum atomic E-state index is -0.960. The topological polar surface area (TPSA) is 93.9 Å². The fourth-order valence-corrected chi connectivity index (χ4v) is 7.37. The fourth-order valence-electron chi connectivity index (χ4n) is 7.24. The van der Waals surface area contributed by atoms with E-state index in [0.29, 0.717) is 41.0 Å². The van der Waals surface area contributed by atoms with Gasteiger partial charge in [-0.1, -0.05) is 49.1 Å². The second-order valence-electron chi connectivity index (χ2n) is 13.0. The predicted octanol–water partition coefficient (Wildman–Crippen LogP) is 9.48. The van der Waals surface area contributed by atoms with E-state index in [9.17, 15) is 14.7 Å². The molecule has 2 aliphatic rings. The highest BCUT2D eigenvalue weighted by Gasteiger charge is 2.25. The number of fused-ring (bicyclic) bond motifs is 1. The van der Waals surface area contributed by atoms with E-state index < -0.39 is 5.97 Å². The van der Waals surface area contributed by atoms with Crippen LogP contribution in [0.3, 0.4) is 0 Å². The molecule has 4 aromatic carbocycles. The van der Waals surface area contributed by atoms with Crippen LogP contribution in [0.4, 0.5) is 0 Å². The molecule has 0 atom stereocenters. The van der Waals surface area contributed by atoms with Crippen LogP contribution in [0.2, 0.25) is 5.02 Å². The Morgan fingerprint density at radius 1 is 0.840 bits per heavy atom. The summed E-state index contributed by atoms with van der Waals surface area (Å²) in [6.45, 7) is 1.61. The summed E-state index contributed by atoms with van der Waals surface area (Å²) in [4.78, 5) is 32.1. The first-order valence-electron chi connectivity index (χ1n) is 17.1. The summed E-state index contributed by atoms with van der Waals surface area (Å²) in [5.41, 5.74) is 6.32. The van der Waals surface area contributed by atoms with E-state index in [1.807, 2.05) is 77.7 Å². The molecule has 0 unspecified atom stereocenters. The zero-order chi connectivity index (χ0) is 33.9. The number of carboxylic acids is 1. The van der Waals surface area contributed by atoms with Gasteiger partial charge in [-0.2, -0.15) is 0 Å². The number of likely N-dealkylation sites (tertiary alicyclic amines) is 1. The summed E-state index contributed by atoms with van der Waals surface area (Å²) in [7, 11) is 1.73. The minimum absolute atomic E-state index is 0. The van der Waals surface area contributed by atoms with Crippen LogP contribution in [0.5, 0.6) is 5.75 Å². The number of nitrogens with zero attached hydrogens (tertiary/aromatic N) is 3. The van der Waals surface area contributed by atoms with E-state index in [2.05, 4.69) is 4.57 Å². The van der Waals surface area contributed by atoms with Crippen molar-refractivity contribution < 1.29 is 24.2 Å². The Balaban J connectivity index is 0.00000432. The number of imidazole rings is 1. The SMILES string of the molecule is COC1CCN(C(=O)c2ccc(-c3ccc(Cl)cc3)c(COc3ccc(-c4nc5cc(C(=O)O)ccc5n4C4CCCCC4)cc3)c2)CC1.Cl. The molecule has 0 spiro atoms. The number of piperidine rings is 1. The van der Waals surface area contributed by atoms with Crippen molar-refractivity contribution in [1.82, 2.24) is 14.5 Å². The van der Waals surface area contributed by atoms with Gasteiger partial charge in [0.15, 0.2) is 0 Å². The molecule has 50 heavy (non-hydrogen) atoms. The molecule has 1 aliphatic carbocycles. The summed E-state index contributed by atoms with van der Waals surface area (Å²) in [5, 5.41) is 10.2. The average molecular weight is 715 g/mol. The highest BCUT2D eigenvalue weighted by Crippen LogP contribution is 2.37. The molecule has 1 saturated heterocycles. The number of benzene rings is 4. The van der Waals surface area contributed by atoms with E-state index in [0.717, 1.165) is 59.3 Å². The highest BCUT2D eigenvalue weighted by atomic mass is 35.5. The first-order chi connectivity index (χ1) is 23.9. The lowest BCUT2D eigenvalue weighted by Gasteiger charge is -2.31. The number of hydrogen-bond donors (Lipinski definition) is 1. The first kappa shape index (κ1) is 35.5. The number of rotatable bonds is 9. The van der Waals surface area contributed by atoms with Crippen LogP contribution in [-0.4, -0.2) is 57.7 Å². The Bertz CT molecular complexity index is 1960. The van der Waals surface area contributed by atoms with Crippen molar-refractivity contribution in [3.8, 4) is 28.3 Å². The zero-order valence-electron chi connectivity index (χ0n) is 28.0. The van der Waals surface area contributed by atoms with Gasteiger partial charge < -0.3 is 24.0 Å². The molecular formula is C40H41Cl2N3O5. The van der Waals surface area contributed by atoms with Crippen molar-refractivity contribution >= 4 is 46.9 Å². The monoisotopic (exact) mass is 713 g/mol. The van der Waals surface area contributed by atoms with Gasteiger partial charge in [0.2, 0.25) is 0 Å². The maximum Gasteiger partial charge on any atom is 0.335 e. The predicted molar refractivity (Wildman–Crippen MR) is 199 cm³/mol. The van der Waals surface area contributed by atoms with Crippen molar-refractivity contribution in [1.29, 1.82) is 0 Å². The van der Waals surface area contributed by atoms with E-state index in [4.69, 9.17) is 26.1 Å². The van der Waals surface area contributed by atoms with Crippen LogP contribution in [0, 0.1) is 0 Å². The third kappa shape index (κ3) is 7.53. The van der Waals surface area contributed by atoms with E-state index in [1.54, 1.807) is 19.2 Å². The Labute approximate surface area is 303 Å². The van der Waals surface area contributed by atoms with Gasteiger partial charge in [0, 0.05) is 42.4 Å². The van der Waals surface area contributed by atoms with Crippen molar-refractivity contribution in [3.63, 3.8) is 0 Å². The van der Waals surface area contributed by atoms with E-state index in [-0.39, 0.29) is 36.6 Å². The van der Waals surface area contributed by atoms with E-state index in [1.165, 1.54) is 19.3 Å². The van der Waals surface area contributed by atoms with Gasteiger partial charge in [-0.3, -0.25) is 4.79 Å². The van der Waals surface area contributed by atoms with Gasteiger partial charge in [-0.25, -0.2) is 9.78 Å². The van der Waals surface area contributed by atoms with Crippen LogP contribution in [0.25, 0.3) is 33.5 Å². The summed E-state index contributed by atoms with van der Waals surface area (Å²) in [6.07, 6.45) is 7.57. The molecule has 1 N–H and O–H groups in total. The normalized spacial score (nSPS) is 15.5. The first-order valence-corrected chi connectivity index (χ1v) is 17.4. The quantitative estimate of drug-likeness (QED) is 0.164. The summed E-state index contributed by atoms with van der Waals surface area (Å²) < 4.78 is 14.2. The highest BCUT2D eigenvalue weighted by molar-refractivity contribution is 6.30. The molecule has 1 saturated carbocycles. The summed E-state index contributed by atoms with van der Waals surface area (Å²) in [5.74, 6) is 0.580. The third-order valence-electron chi connectivity index (χ3n) is 9.95. The van der Waals surface area contributed by atoms with Crippen molar-refractivity contribution in [2.45, 2.75) is 63.7 Å². The molecule has 0 bridgehead atoms. The molecule has 260 valence electrons. The number of aromatic carboxylic acids is 1. The fraction of sp³-hybridized carbons (Fsp3) is 0.325. The maximum atomic E-state index is 13.5. The van der Waals surface area contributed by atoms with Crippen LogP contribution in [0.1, 0.15) is 77.3 Å². The molecule has 1 aliphatic heterocycles. The summed E-state index contributed by atoms with van der Waals surface area (Å²) >= 11 is 6.19. The lowest BCUT2D eigenvalue weighted by molar-refractivity contribution is 0.0350. The Kier molecular flexibility index (Phi) is 11.1. The number of carbonyl (C=O) groups is 2. The van der Waals surface area contributed by atoms with Crippen molar-refractivity contribution in [3.05, 3.63) is 107 Å². The Hall–Kier alpha value is -4.37. The molecule has 0 radical (unpaired) electrons. The van der Waals surface area contributed by atoms with Crippen LogP contribution >= 0.6 is 24.0 Å². The van der Waals surface area contributed by atoms with Gasteiger partial charge in [-0.15, -0.1) is 12.4 Å². The van der Waals surface area contributed by atoms with Crippen LogP contribution in [0.15, 0.2) is 84.9 Å². The number of aromatic nitrogens is 2. The molecule has 2 fully saturated rings. The maximum absolute atomic E-state index is 13.5. The number of halogens is 2. The lowest BCUT2D eigenvalue weighted by Crippen LogP contribution is -2.40. The lowest BCUT2D eigenvalue weighted by atomic mass is 9.95. The standard InChI is InChI=1S/C40H40ClN3O5.ClH/c1-48-33-19-21-43(22-20-33)39(45)28-11-17-35(26-7-13-31(41)14-8-26)30(23-28)25-49-34-15-9-27(10-16-34)38-42-36-24-29(40(46)47)12-18-37(36)44(38)32-5-3-2-4-6-32;/h7-18,23-24,32-33H,2-6,19-22,25H2,1H3,(H,46,47);1H. The number of carbonyl (C=O) groups excluding carboxylic acids is 1. The second-order valence-corrected chi connectivity index (χ2v) is 13.5. The molecule has 1 aromatic heterocycles. The number of hydrogen-bond acceptors (Lipinski definition) is 5. The molecule has 7 rings (SSSR count). The van der Waals surface area contributed by atoms with Crippen molar-refractivity contribution in [2.75, 3.05) is 20.2 Å². The van der Waals surface area contributed by atoms with Gasteiger partial charge >= 0.3 is 5.97 Å². The zero-order valence-corrected chi connectivity index (χ0v) is 29.6. The molecule has 8 nitrogen and oxygen atoms in total. The third-order valence-corrected chi connectivity index (χ3v) is 10.2. The second kappa shape index (κ2) is 15.7. The Morgan fingerprint density at radius 3 is 2.20 bits per heavy atom. The average Bonchev–Trinajstić information content (AvgIpc) is 3.53. The van der Waals surface area contributed by atoms with Crippen LogP contribution in [-0.2, 0) is 11.3 Å². The number of carboxylic acid groups (broad SMARTS) is 1. The molecule has 10 heteroatoms. The summed E-state index contributed by atoms with van der Waals surface area (Å²) in [6, 6.07) is 27.0. The molecule has 2 heterocycles. The molecule has 1 amide bonds. The Morgan fingerprint density at radius 2 is 1.52 bits per heavy atom. The smallest absolute Gasteiger partial charge is 0.335 e. The van der Waals surface area contributed by atoms with Gasteiger partial charge in [-0.05, 0) is 109 Å². The van der Waals surface area contributed by atoms with Crippen molar-refractivity contribution in [2.24, 2.45) is 0 Å². The van der Waals surface area contributed by atoms with Gasteiger partial charge in [0.05, 0.1) is 22.7 Å².